The van der Waals surface area contributed by atoms with Crippen molar-refractivity contribution in [1.82, 2.24) is 0 Å². The van der Waals surface area contributed by atoms with Crippen LogP contribution < -0.4 is 0 Å². The first-order valence-electron chi connectivity index (χ1n) is 11.3. The SMILES string of the molecule is CC(S(=O)(=O)[O-])S(=O)(=O)[O-].O=C(c1ccccc1)[S+]1CCCC1.O=C(c1ccccc1)[S+]1CCCC1. The zero-order chi connectivity index (χ0) is 26.8. The molecular formula is C24H30O8S4. The molecule has 0 unspecified atom stereocenters. The Morgan fingerprint density at radius 2 is 0.917 bits per heavy atom. The number of carbonyl (C=O) groups is 2. The van der Waals surface area contributed by atoms with Crippen LogP contribution in [0.1, 0.15) is 53.3 Å². The quantitative estimate of drug-likeness (QED) is 0.400. The van der Waals surface area contributed by atoms with Gasteiger partial charge < -0.3 is 9.11 Å². The van der Waals surface area contributed by atoms with E-state index in [4.69, 9.17) is 0 Å². The third kappa shape index (κ3) is 9.98. The van der Waals surface area contributed by atoms with E-state index in [1.807, 2.05) is 60.7 Å². The third-order valence-corrected chi connectivity index (χ3v) is 13.1. The Morgan fingerprint density at radius 1 is 0.639 bits per heavy atom. The first kappa shape index (κ1) is 30.5. The first-order valence-corrected chi connectivity index (χ1v) is 17.4. The lowest BCUT2D eigenvalue weighted by molar-refractivity contribution is 0.107. The molecule has 2 aliphatic rings. The van der Waals surface area contributed by atoms with Crippen molar-refractivity contribution in [2.45, 2.75) is 37.2 Å². The van der Waals surface area contributed by atoms with Gasteiger partial charge in [0, 0.05) is 0 Å². The van der Waals surface area contributed by atoms with Crippen LogP contribution in [0.15, 0.2) is 60.7 Å². The molecule has 0 atom stereocenters. The first-order chi connectivity index (χ1) is 16.9. The van der Waals surface area contributed by atoms with Gasteiger partial charge in [0.1, 0.15) is 47.8 Å². The normalized spacial score (nSPS) is 16.6. The van der Waals surface area contributed by atoms with Gasteiger partial charge in [0.25, 0.3) is 0 Å². The summed E-state index contributed by atoms with van der Waals surface area (Å²) in [7, 11) is -9.95. The van der Waals surface area contributed by atoms with Gasteiger partial charge in [-0.3, -0.25) is 0 Å². The van der Waals surface area contributed by atoms with Gasteiger partial charge in [-0.2, -0.15) is 0 Å². The molecule has 0 radical (unpaired) electrons. The van der Waals surface area contributed by atoms with Gasteiger partial charge >= 0.3 is 10.2 Å². The van der Waals surface area contributed by atoms with E-state index in [-0.39, 0.29) is 21.8 Å². The molecule has 0 bridgehead atoms. The highest BCUT2D eigenvalue weighted by Crippen LogP contribution is 2.19. The summed E-state index contributed by atoms with van der Waals surface area (Å²) in [6.45, 7) is 0.532. The van der Waals surface area contributed by atoms with Crippen molar-refractivity contribution in [1.29, 1.82) is 0 Å². The summed E-state index contributed by atoms with van der Waals surface area (Å²) in [5.74, 6) is 4.48. The van der Waals surface area contributed by atoms with E-state index in [1.54, 1.807) is 0 Å². The van der Waals surface area contributed by atoms with Crippen molar-refractivity contribution in [3.8, 4) is 0 Å². The monoisotopic (exact) mass is 574 g/mol. The highest BCUT2D eigenvalue weighted by molar-refractivity contribution is 8.11. The van der Waals surface area contributed by atoms with E-state index in [0.29, 0.717) is 17.2 Å². The van der Waals surface area contributed by atoms with Crippen LogP contribution in [0.5, 0.6) is 0 Å². The topological polar surface area (TPSA) is 149 Å². The highest BCUT2D eigenvalue weighted by atomic mass is 32.3. The van der Waals surface area contributed by atoms with Crippen molar-refractivity contribution >= 4 is 52.3 Å². The molecule has 2 heterocycles. The van der Waals surface area contributed by atoms with Crippen molar-refractivity contribution in [3.05, 3.63) is 71.8 Å². The van der Waals surface area contributed by atoms with Gasteiger partial charge in [0.2, 0.25) is 0 Å². The Labute approximate surface area is 219 Å². The van der Waals surface area contributed by atoms with E-state index < -0.39 is 24.8 Å². The molecule has 2 aromatic carbocycles. The number of carbonyl (C=O) groups excluding carboxylic acids is 2. The molecule has 2 fully saturated rings. The summed E-state index contributed by atoms with van der Waals surface area (Å²) >= 11 is 0. The summed E-state index contributed by atoms with van der Waals surface area (Å²) in [5, 5.41) is 0.746. The number of hydrogen-bond acceptors (Lipinski definition) is 8. The molecule has 0 N–H and O–H groups in total. The van der Waals surface area contributed by atoms with Gasteiger partial charge in [-0.15, -0.1) is 0 Å². The van der Waals surface area contributed by atoms with Crippen LogP contribution in [0, 0.1) is 0 Å². The van der Waals surface area contributed by atoms with Gasteiger partial charge in [0.05, 0.1) is 32.9 Å². The van der Waals surface area contributed by atoms with Crippen LogP contribution in [0.3, 0.4) is 0 Å². The predicted molar refractivity (Wildman–Crippen MR) is 143 cm³/mol. The Kier molecular flexibility index (Phi) is 12.1. The Hall–Kier alpha value is -1.70. The fourth-order valence-electron chi connectivity index (χ4n) is 3.31. The van der Waals surface area contributed by atoms with E-state index in [2.05, 4.69) is 0 Å². The van der Waals surface area contributed by atoms with Crippen molar-refractivity contribution < 1.29 is 35.5 Å². The second-order valence-corrected chi connectivity index (χ2v) is 16.1. The zero-order valence-corrected chi connectivity index (χ0v) is 23.2. The Morgan fingerprint density at radius 3 is 1.14 bits per heavy atom. The van der Waals surface area contributed by atoms with Crippen LogP contribution >= 0.6 is 0 Å². The van der Waals surface area contributed by atoms with Crippen molar-refractivity contribution in [3.63, 3.8) is 0 Å². The second kappa shape index (κ2) is 14.3. The molecule has 8 nitrogen and oxygen atoms in total. The molecule has 36 heavy (non-hydrogen) atoms. The Balaban J connectivity index is 0.000000193. The lowest BCUT2D eigenvalue weighted by atomic mass is 10.2. The van der Waals surface area contributed by atoms with E-state index >= 15 is 0 Å². The third-order valence-electron chi connectivity index (χ3n) is 5.42. The fourth-order valence-corrected chi connectivity index (χ4v) is 8.76. The van der Waals surface area contributed by atoms with Crippen LogP contribution in [-0.2, 0) is 42.0 Å². The molecule has 4 rings (SSSR count). The minimum atomic E-state index is -5.01. The molecule has 2 saturated heterocycles. The molecule has 12 heteroatoms. The largest absolute Gasteiger partial charge is 0.747 e. The van der Waals surface area contributed by atoms with Crippen LogP contribution in [-0.4, -0.2) is 63.8 Å². The molecular weight excluding hydrogens is 545 g/mol. The van der Waals surface area contributed by atoms with Gasteiger partial charge in [-0.05, 0) is 56.9 Å². The second-order valence-electron chi connectivity index (χ2n) is 8.08. The van der Waals surface area contributed by atoms with E-state index in [1.165, 1.54) is 25.7 Å². The molecule has 0 saturated carbocycles. The molecule has 0 spiro atoms. The van der Waals surface area contributed by atoms with Crippen molar-refractivity contribution in [2.24, 2.45) is 0 Å². The lowest BCUT2D eigenvalue weighted by Crippen LogP contribution is -2.26. The predicted octanol–water partition coefficient (Wildman–Crippen LogP) is 2.90. The van der Waals surface area contributed by atoms with Gasteiger partial charge in [-0.25, -0.2) is 26.4 Å². The molecule has 2 aromatic rings. The summed E-state index contributed by atoms with van der Waals surface area (Å²) in [5.41, 5.74) is 1.79. The summed E-state index contributed by atoms with van der Waals surface area (Å²) in [6, 6.07) is 19.4. The number of benzene rings is 2. The standard InChI is InChI=1S/2C11H13OS.C2H6O6S2/c2*12-11(13-8-4-5-9-13)10-6-2-1-3-7-10;1-2(9(3,4)5)10(6,7)8/h2*1-3,6-7H,4-5,8-9H2;2H,1H3,(H,3,4,5)(H,6,7,8)/q2*+1;/p-2. The van der Waals surface area contributed by atoms with E-state index in [0.717, 1.165) is 34.1 Å². The fraction of sp³-hybridized carbons (Fsp3) is 0.417. The van der Waals surface area contributed by atoms with Crippen LogP contribution in [0.25, 0.3) is 0 Å². The van der Waals surface area contributed by atoms with Gasteiger partial charge in [0.15, 0.2) is 0 Å². The molecule has 198 valence electrons. The maximum Gasteiger partial charge on any atom is 0.361 e. The molecule has 0 aromatic heterocycles. The Bertz CT molecular complexity index is 1090. The molecule has 2 aliphatic heterocycles. The van der Waals surface area contributed by atoms with Gasteiger partial charge in [-0.1, -0.05) is 36.4 Å². The lowest BCUT2D eigenvalue weighted by Gasteiger charge is -2.18. The molecule has 0 amide bonds. The number of rotatable bonds is 4. The number of hydrogen-bond donors (Lipinski definition) is 0. The average molecular weight is 575 g/mol. The summed E-state index contributed by atoms with van der Waals surface area (Å²) in [4.78, 5) is 23.7. The van der Waals surface area contributed by atoms with Crippen molar-refractivity contribution in [2.75, 3.05) is 23.0 Å². The smallest absolute Gasteiger partial charge is 0.361 e. The minimum absolute atomic E-state index is 0.0381. The van der Waals surface area contributed by atoms with E-state index in [9.17, 15) is 35.5 Å². The summed E-state index contributed by atoms with van der Waals surface area (Å²) in [6.07, 6.45) is 4.95. The molecule has 0 aliphatic carbocycles. The maximum absolute atomic E-state index is 11.9. The highest BCUT2D eigenvalue weighted by Gasteiger charge is 2.34. The maximum atomic E-state index is 11.9. The van der Waals surface area contributed by atoms with Crippen LogP contribution in [0.2, 0.25) is 0 Å². The zero-order valence-electron chi connectivity index (χ0n) is 19.9. The minimum Gasteiger partial charge on any atom is -0.747 e. The average Bonchev–Trinajstić information content (AvgIpc) is 3.58. The summed E-state index contributed by atoms with van der Waals surface area (Å²) < 4.78 is 56.7. The van der Waals surface area contributed by atoms with Crippen LogP contribution in [0.4, 0.5) is 0 Å².